The van der Waals surface area contributed by atoms with Crippen LogP contribution >= 0.6 is 11.8 Å². The highest BCUT2D eigenvalue weighted by molar-refractivity contribution is 7.99. The quantitative estimate of drug-likeness (QED) is 0.804. The molecule has 14 heavy (non-hydrogen) atoms. The molecule has 0 amide bonds. The molecule has 0 aliphatic carbocycles. The van der Waals surface area contributed by atoms with Gasteiger partial charge in [-0.1, -0.05) is 6.42 Å². The van der Waals surface area contributed by atoms with Crippen molar-refractivity contribution in [1.29, 1.82) is 0 Å². The van der Waals surface area contributed by atoms with Gasteiger partial charge in [0.15, 0.2) is 0 Å². The minimum Gasteiger partial charge on any atom is -0.316 e. The Morgan fingerprint density at radius 1 is 1.36 bits per heavy atom. The summed E-state index contributed by atoms with van der Waals surface area (Å²) >= 11 is 1.84. The van der Waals surface area contributed by atoms with Crippen molar-refractivity contribution in [1.82, 2.24) is 15.3 Å². The van der Waals surface area contributed by atoms with Gasteiger partial charge in [-0.25, -0.2) is 4.98 Å². The van der Waals surface area contributed by atoms with Crippen molar-refractivity contribution in [3.8, 4) is 0 Å². The van der Waals surface area contributed by atoms with E-state index < -0.39 is 0 Å². The van der Waals surface area contributed by atoms with E-state index in [0.717, 1.165) is 18.1 Å². The molecule has 0 aromatic carbocycles. The Kier molecular flexibility index (Phi) is 3.77. The van der Waals surface area contributed by atoms with Crippen molar-refractivity contribution in [3.63, 3.8) is 0 Å². The van der Waals surface area contributed by atoms with Gasteiger partial charge in [-0.2, -0.15) is 0 Å². The van der Waals surface area contributed by atoms with E-state index >= 15 is 0 Å². The molecule has 2 heterocycles. The second-order valence-electron chi connectivity index (χ2n) is 3.48. The molecule has 1 aromatic heterocycles. The zero-order valence-electron chi connectivity index (χ0n) is 8.15. The van der Waals surface area contributed by atoms with Crippen LogP contribution in [0, 0.1) is 0 Å². The van der Waals surface area contributed by atoms with Gasteiger partial charge >= 0.3 is 0 Å². The molecule has 1 unspecified atom stereocenters. The largest absolute Gasteiger partial charge is 0.316 e. The summed E-state index contributed by atoms with van der Waals surface area (Å²) in [7, 11) is 0. The van der Waals surface area contributed by atoms with Gasteiger partial charge in [0.05, 0.1) is 6.20 Å². The Labute approximate surface area is 88.7 Å². The second kappa shape index (κ2) is 5.32. The monoisotopic (exact) mass is 209 g/mol. The molecule has 3 nitrogen and oxygen atoms in total. The van der Waals surface area contributed by atoms with E-state index in [9.17, 15) is 0 Å². The first-order valence-corrected chi connectivity index (χ1v) is 5.96. The Bertz CT molecular complexity index is 257. The van der Waals surface area contributed by atoms with E-state index in [1.54, 1.807) is 12.4 Å². The smallest absolute Gasteiger partial charge is 0.115 e. The molecule has 0 spiro atoms. The number of thioether (sulfide) groups is 1. The summed E-state index contributed by atoms with van der Waals surface area (Å²) in [6.45, 7) is 2.26. The average molecular weight is 209 g/mol. The van der Waals surface area contributed by atoms with Gasteiger partial charge in [0.1, 0.15) is 5.03 Å². The van der Waals surface area contributed by atoms with Crippen molar-refractivity contribution >= 4 is 11.8 Å². The lowest BCUT2D eigenvalue weighted by molar-refractivity contribution is 0.706. The van der Waals surface area contributed by atoms with Crippen molar-refractivity contribution in [2.24, 2.45) is 0 Å². The highest BCUT2D eigenvalue weighted by atomic mass is 32.2. The number of aromatic nitrogens is 2. The SMILES string of the molecule is c1cnc(SC2CCCCNC2)cn1. The van der Waals surface area contributed by atoms with Crippen molar-refractivity contribution in [2.45, 2.75) is 29.5 Å². The van der Waals surface area contributed by atoms with Crippen LogP contribution in [0.3, 0.4) is 0 Å². The summed E-state index contributed by atoms with van der Waals surface area (Å²) in [4.78, 5) is 8.35. The second-order valence-corrected chi connectivity index (χ2v) is 4.80. The zero-order valence-corrected chi connectivity index (χ0v) is 8.96. The topological polar surface area (TPSA) is 37.8 Å². The first-order chi connectivity index (χ1) is 6.95. The molecular weight excluding hydrogens is 194 g/mol. The molecule has 1 saturated heterocycles. The minimum atomic E-state index is 0.661. The van der Waals surface area contributed by atoms with Crippen LogP contribution in [0.2, 0.25) is 0 Å². The van der Waals surface area contributed by atoms with Crippen LogP contribution in [-0.2, 0) is 0 Å². The van der Waals surface area contributed by atoms with Crippen molar-refractivity contribution in [2.75, 3.05) is 13.1 Å². The summed E-state index contributed by atoms with van der Waals surface area (Å²) < 4.78 is 0. The maximum absolute atomic E-state index is 4.28. The van der Waals surface area contributed by atoms with Crippen LogP contribution in [0.25, 0.3) is 0 Å². The number of nitrogens with zero attached hydrogens (tertiary/aromatic N) is 2. The summed E-state index contributed by atoms with van der Waals surface area (Å²) in [6.07, 6.45) is 9.23. The molecule has 1 aliphatic rings. The van der Waals surface area contributed by atoms with E-state index in [-0.39, 0.29) is 0 Å². The number of rotatable bonds is 2. The standard InChI is InChI=1S/C10H15N3S/c1-2-4-11-7-9(3-1)14-10-8-12-5-6-13-10/h5-6,8-9,11H,1-4,7H2. The Morgan fingerprint density at radius 3 is 3.21 bits per heavy atom. The fourth-order valence-corrected chi connectivity index (χ4v) is 2.68. The van der Waals surface area contributed by atoms with Crippen LogP contribution < -0.4 is 5.32 Å². The summed E-state index contributed by atoms with van der Waals surface area (Å²) in [5, 5.41) is 5.15. The van der Waals surface area contributed by atoms with Gasteiger partial charge in [0.25, 0.3) is 0 Å². The normalized spacial score (nSPS) is 23.0. The molecule has 2 rings (SSSR count). The zero-order chi connectivity index (χ0) is 9.64. The number of hydrogen-bond acceptors (Lipinski definition) is 4. The molecule has 0 radical (unpaired) electrons. The van der Waals surface area contributed by atoms with Gasteiger partial charge in [-0.3, -0.25) is 4.98 Å². The summed E-state index contributed by atoms with van der Waals surface area (Å²) in [6, 6.07) is 0. The highest BCUT2D eigenvalue weighted by Crippen LogP contribution is 2.24. The van der Waals surface area contributed by atoms with Crippen LogP contribution in [-0.4, -0.2) is 28.3 Å². The number of hydrogen-bond donors (Lipinski definition) is 1. The molecule has 76 valence electrons. The maximum atomic E-state index is 4.28. The summed E-state index contributed by atoms with van der Waals surface area (Å²) in [5.74, 6) is 0. The molecule has 1 aliphatic heterocycles. The fourth-order valence-electron chi connectivity index (χ4n) is 1.60. The summed E-state index contributed by atoms with van der Waals surface area (Å²) in [5.41, 5.74) is 0. The van der Waals surface area contributed by atoms with Gasteiger partial charge in [-0.05, 0) is 19.4 Å². The Morgan fingerprint density at radius 2 is 2.36 bits per heavy atom. The third-order valence-electron chi connectivity index (χ3n) is 2.33. The fraction of sp³-hybridized carbons (Fsp3) is 0.600. The van der Waals surface area contributed by atoms with E-state index in [0.29, 0.717) is 5.25 Å². The number of nitrogens with one attached hydrogen (secondary N) is 1. The van der Waals surface area contributed by atoms with E-state index in [2.05, 4.69) is 15.3 Å². The lowest BCUT2D eigenvalue weighted by atomic mass is 10.2. The molecular formula is C10H15N3S. The predicted molar refractivity (Wildman–Crippen MR) is 58.4 cm³/mol. The van der Waals surface area contributed by atoms with Crippen LogP contribution in [0.5, 0.6) is 0 Å². The van der Waals surface area contributed by atoms with Gasteiger partial charge < -0.3 is 5.32 Å². The predicted octanol–water partition coefficient (Wildman–Crippen LogP) is 1.71. The van der Waals surface area contributed by atoms with Crippen LogP contribution in [0.4, 0.5) is 0 Å². The molecule has 0 saturated carbocycles. The highest BCUT2D eigenvalue weighted by Gasteiger charge is 2.13. The molecule has 1 fully saturated rings. The maximum Gasteiger partial charge on any atom is 0.115 e. The third-order valence-corrected chi connectivity index (χ3v) is 3.52. The molecule has 4 heteroatoms. The van der Waals surface area contributed by atoms with Crippen LogP contribution in [0.15, 0.2) is 23.6 Å². The first kappa shape index (κ1) is 9.93. The van der Waals surface area contributed by atoms with Crippen molar-refractivity contribution in [3.05, 3.63) is 18.6 Å². The molecule has 1 atom stereocenters. The minimum absolute atomic E-state index is 0.661. The third kappa shape index (κ3) is 2.96. The van der Waals surface area contributed by atoms with Gasteiger partial charge in [0.2, 0.25) is 0 Å². The van der Waals surface area contributed by atoms with Crippen molar-refractivity contribution < 1.29 is 0 Å². The van der Waals surface area contributed by atoms with Crippen LogP contribution in [0.1, 0.15) is 19.3 Å². The lowest BCUT2D eigenvalue weighted by Gasteiger charge is -2.12. The molecule has 1 aromatic rings. The Hall–Kier alpha value is -0.610. The van der Waals surface area contributed by atoms with Gasteiger partial charge in [0, 0.05) is 24.2 Å². The van der Waals surface area contributed by atoms with E-state index in [1.165, 1.54) is 19.3 Å². The van der Waals surface area contributed by atoms with Gasteiger partial charge in [-0.15, -0.1) is 11.8 Å². The lowest BCUT2D eigenvalue weighted by Crippen LogP contribution is -2.22. The van der Waals surface area contributed by atoms with E-state index in [1.807, 2.05) is 18.0 Å². The molecule has 1 N–H and O–H groups in total. The average Bonchev–Trinajstić information content (AvgIpc) is 2.48. The first-order valence-electron chi connectivity index (χ1n) is 5.08. The van der Waals surface area contributed by atoms with E-state index in [4.69, 9.17) is 0 Å². The Balaban J connectivity index is 1.90. The molecule has 0 bridgehead atoms.